The normalized spacial score (nSPS) is 12.1. The quantitative estimate of drug-likeness (QED) is 0.185. The van der Waals surface area contributed by atoms with E-state index in [-0.39, 0.29) is 11.6 Å². The van der Waals surface area contributed by atoms with Gasteiger partial charge in [0.2, 0.25) is 11.8 Å². The molecule has 10 aromatic rings. The Kier molecular flexibility index (Phi) is 5.62. The van der Waals surface area contributed by atoms with Crippen molar-refractivity contribution in [3.8, 4) is 41.3 Å². The highest BCUT2D eigenvalue weighted by Gasteiger charge is 2.18. The molecule has 0 atom stereocenters. The zero-order chi connectivity index (χ0) is 30.5. The average Bonchev–Trinajstić information content (AvgIpc) is 3.87. The maximum atomic E-state index is 13.7. The molecule has 0 bridgehead atoms. The highest BCUT2D eigenvalue weighted by Crippen LogP contribution is 2.41. The summed E-state index contributed by atoms with van der Waals surface area (Å²) in [5.74, 6) is 0.528. The Hall–Kier alpha value is -4.88. The molecule has 10 rings (SSSR count). The summed E-state index contributed by atoms with van der Waals surface area (Å²) in [4.78, 5) is 22.6. The smallest absolute Gasteiger partial charge is 0.237 e. The van der Waals surface area contributed by atoms with Crippen molar-refractivity contribution in [2.45, 2.75) is 0 Å². The summed E-state index contributed by atoms with van der Waals surface area (Å²) in [6.45, 7) is 0. The molecule has 6 heterocycles. The minimum Gasteiger partial charge on any atom is -0.435 e. The third-order valence-electron chi connectivity index (χ3n) is 7.61. The zero-order valence-electron chi connectivity index (χ0n) is 23.1. The minimum absolute atomic E-state index is 0.268. The van der Waals surface area contributed by atoms with E-state index in [4.69, 9.17) is 18.8 Å². The molecule has 0 saturated heterocycles. The summed E-state index contributed by atoms with van der Waals surface area (Å²) < 4.78 is 41.4. The molecule has 0 fully saturated rings. The fraction of sp³-hybridized carbons (Fsp3) is 0. The van der Waals surface area contributed by atoms with Gasteiger partial charge in [-0.3, -0.25) is 0 Å². The summed E-state index contributed by atoms with van der Waals surface area (Å²) in [6.07, 6.45) is 0. The molecule has 0 aliphatic carbocycles. The molecule has 0 radical (unpaired) electrons. The number of halogens is 2. The Balaban J connectivity index is 0.968. The van der Waals surface area contributed by atoms with E-state index >= 15 is 0 Å². The highest BCUT2D eigenvalue weighted by atomic mass is 32.1. The molecule has 46 heavy (non-hydrogen) atoms. The van der Waals surface area contributed by atoms with Gasteiger partial charge in [-0.2, -0.15) is 0 Å². The Morgan fingerprint density at radius 1 is 0.435 bits per heavy atom. The van der Waals surface area contributed by atoms with Gasteiger partial charge in [0.05, 0.1) is 39.9 Å². The number of nitrogens with zero attached hydrogens (tertiary/aromatic N) is 4. The van der Waals surface area contributed by atoms with Crippen LogP contribution in [0.25, 0.3) is 94.7 Å². The minimum atomic E-state index is -0.268. The number of aromatic nitrogens is 4. The van der Waals surface area contributed by atoms with Gasteiger partial charge in [0, 0.05) is 0 Å². The van der Waals surface area contributed by atoms with Crippen LogP contribution in [0.1, 0.15) is 0 Å². The molecule has 0 aliphatic heterocycles. The first kappa shape index (κ1) is 26.3. The van der Waals surface area contributed by atoms with Crippen molar-refractivity contribution >= 4 is 98.8 Å². The predicted molar refractivity (Wildman–Crippen MR) is 183 cm³/mol. The molecule has 6 nitrogen and oxygen atoms in total. The van der Waals surface area contributed by atoms with Gasteiger partial charge in [-0.25, -0.2) is 28.7 Å². The second-order valence-electron chi connectivity index (χ2n) is 10.6. The number of fused-ring (bicyclic) bond motifs is 5. The average molecular weight is 677 g/mol. The third-order valence-corrected chi connectivity index (χ3v) is 12.1. The van der Waals surface area contributed by atoms with Crippen LogP contribution in [0, 0.1) is 11.6 Å². The summed E-state index contributed by atoms with van der Waals surface area (Å²) in [6, 6.07) is 25.2. The number of thiophene rings is 2. The van der Waals surface area contributed by atoms with Crippen molar-refractivity contribution in [2.24, 2.45) is 0 Å². The van der Waals surface area contributed by atoms with Gasteiger partial charge in [-0.1, -0.05) is 0 Å². The first-order chi connectivity index (χ1) is 22.5. The number of thiazole rings is 2. The topological polar surface area (TPSA) is 77.8 Å². The van der Waals surface area contributed by atoms with Gasteiger partial charge < -0.3 is 8.83 Å². The molecule has 0 N–H and O–H groups in total. The lowest BCUT2D eigenvalue weighted by Gasteiger charge is -1.96. The van der Waals surface area contributed by atoms with E-state index in [0.29, 0.717) is 22.9 Å². The molecule has 0 aliphatic rings. The molecule has 12 heteroatoms. The predicted octanol–water partition coefficient (Wildman–Crippen LogP) is 11.4. The number of hydrogen-bond donors (Lipinski definition) is 0. The Bertz CT molecular complexity index is 2560. The van der Waals surface area contributed by atoms with Gasteiger partial charge >= 0.3 is 0 Å². The molecule has 4 aromatic carbocycles. The van der Waals surface area contributed by atoms with Crippen molar-refractivity contribution in [1.82, 2.24) is 19.9 Å². The summed E-state index contributed by atoms with van der Waals surface area (Å²) in [7, 11) is 0. The summed E-state index contributed by atoms with van der Waals surface area (Å²) >= 11 is 6.00. The van der Waals surface area contributed by atoms with Crippen molar-refractivity contribution in [3.63, 3.8) is 0 Å². The van der Waals surface area contributed by atoms with E-state index in [1.165, 1.54) is 69.6 Å². The molecule has 0 unspecified atom stereocenters. The van der Waals surface area contributed by atoms with Crippen LogP contribution in [-0.2, 0) is 0 Å². The molecule has 0 amide bonds. The fourth-order valence-corrected chi connectivity index (χ4v) is 9.40. The maximum absolute atomic E-state index is 13.7. The first-order valence-electron chi connectivity index (χ1n) is 14.0. The van der Waals surface area contributed by atoms with Crippen LogP contribution in [-0.4, -0.2) is 19.9 Å². The Morgan fingerprint density at radius 3 is 1.37 bits per heavy atom. The van der Waals surface area contributed by atoms with Crippen molar-refractivity contribution in [2.75, 3.05) is 0 Å². The van der Waals surface area contributed by atoms with Crippen LogP contribution in [0.15, 0.2) is 93.8 Å². The number of rotatable bonds is 4. The van der Waals surface area contributed by atoms with Crippen molar-refractivity contribution in [1.29, 1.82) is 0 Å². The molecule has 0 saturated carbocycles. The SMILES string of the molecule is Fc1ccc2nc(-c3ccc(-c4nc5cc6cc7oc(-c8ccc(-c9nc%10ccc(F)cc%10s9)s8)nc7cc6cc5o4)s3)sc2c1. The van der Waals surface area contributed by atoms with Crippen LogP contribution in [0.3, 0.4) is 0 Å². The number of benzene rings is 4. The standard InChI is InChI=1S/C34H14F2N4O2S4/c35-17-1-3-19-29(13-17)45-33(39-19)27-7-5-25(43-27)31-37-21-9-15-12-24-22(10-16(15)11-23(21)41-31)38-32(42-24)26-6-8-28(44-26)34-40-20-4-2-18(36)14-30(20)46-34/h1-14H. The van der Waals surface area contributed by atoms with E-state index < -0.39 is 0 Å². The van der Waals surface area contributed by atoms with Gasteiger partial charge in [-0.05, 0) is 95.7 Å². The Morgan fingerprint density at radius 2 is 0.891 bits per heavy atom. The van der Waals surface area contributed by atoms with Crippen molar-refractivity contribution < 1.29 is 17.6 Å². The fourth-order valence-electron chi connectivity index (χ4n) is 5.45. The first-order valence-corrected chi connectivity index (χ1v) is 17.2. The van der Waals surface area contributed by atoms with Gasteiger partial charge in [0.1, 0.15) is 32.7 Å². The second kappa shape index (κ2) is 9.81. The van der Waals surface area contributed by atoms with Gasteiger partial charge in [-0.15, -0.1) is 45.3 Å². The van der Waals surface area contributed by atoms with Crippen LogP contribution < -0.4 is 0 Å². The second-order valence-corrected chi connectivity index (χ2v) is 14.8. The van der Waals surface area contributed by atoms with E-state index in [1.54, 1.807) is 12.1 Å². The molecular formula is C34H14F2N4O2S4. The van der Waals surface area contributed by atoms with Gasteiger partial charge in [0.25, 0.3) is 0 Å². The lowest BCUT2D eigenvalue weighted by molar-refractivity contribution is 0.621. The maximum Gasteiger partial charge on any atom is 0.237 e. The third kappa shape index (κ3) is 4.29. The van der Waals surface area contributed by atoms with E-state index in [2.05, 4.69) is 9.97 Å². The summed E-state index contributed by atoms with van der Waals surface area (Å²) in [5, 5.41) is 3.59. The van der Waals surface area contributed by atoms with Crippen LogP contribution in [0.4, 0.5) is 8.78 Å². The Labute approximate surface area is 272 Å². The largest absolute Gasteiger partial charge is 0.435 e. The van der Waals surface area contributed by atoms with Gasteiger partial charge in [0.15, 0.2) is 11.2 Å². The molecule has 6 aromatic heterocycles. The van der Waals surface area contributed by atoms with Crippen LogP contribution >= 0.6 is 45.3 Å². The lowest BCUT2D eigenvalue weighted by Crippen LogP contribution is -1.76. The van der Waals surface area contributed by atoms with E-state index in [1.807, 2.05) is 48.5 Å². The van der Waals surface area contributed by atoms with Crippen molar-refractivity contribution in [3.05, 3.63) is 96.6 Å². The summed E-state index contributed by atoms with van der Waals surface area (Å²) in [5.41, 5.74) is 4.39. The van der Waals surface area contributed by atoms with E-state index in [0.717, 1.165) is 71.8 Å². The molecule has 0 spiro atoms. The van der Waals surface area contributed by atoms with Crippen LogP contribution in [0.2, 0.25) is 0 Å². The molecule has 220 valence electrons. The van der Waals surface area contributed by atoms with Crippen LogP contribution in [0.5, 0.6) is 0 Å². The zero-order valence-corrected chi connectivity index (χ0v) is 26.3. The number of oxazole rings is 2. The lowest BCUT2D eigenvalue weighted by atomic mass is 10.1. The highest BCUT2D eigenvalue weighted by molar-refractivity contribution is 7.27. The van der Waals surface area contributed by atoms with E-state index in [9.17, 15) is 8.78 Å². The number of hydrogen-bond acceptors (Lipinski definition) is 10. The monoisotopic (exact) mass is 676 g/mol. The molecular weight excluding hydrogens is 663 g/mol.